The number of para-hydroxylation sites is 1. The van der Waals surface area contributed by atoms with Crippen molar-refractivity contribution < 1.29 is 0 Å². The van der Waals surface area contributed by atoms with Crippen LogP contribution in [0, 0.1) is 6.92 Å². The molecule has 1 aromatic heterocycles. The van der Waals surface area contributed by atoms with Gasteiger partial charge in [-0.05, 0) is 35.7 Å². The molecule has 1 nitrogen and oxygen atoms in total. The van der Waals surface area contributed by atoms with Crippen molar-refractivity contribution in [2.45, 2.75) is 6.92 Å². The quantitative estimate of drug-likeness (QED) is 0.611. The number of aromatic nitrogens is 1. The van der Waals surface area contributed by atoms with Crippen molar-refractivity contribution in [1.82, 2.24) is 4.98 Å². The first-order valence-electron chi connectivity index (χ1n) is 6.49. The van der Waals surface area contributed by atoms with Gasteiger partial charge in [0.15, 0.2) is 0 Å². The second-order valence-corrected chi connectivity index (χ2v) is 5.69. The van der Waals surface area contributed by atoms with Gasteiger partial charge in [0.1, 0.15) is 5.01 Å². The van der Waals surface area contributed by atoms with Crippen LogP contribution in [-0.4, -0.2) is 4.98 Å². The summed E-state index contributed by atoms with van der Waals surface area (Å²) in [4.78, 5) is 4.76. The first-order chi connectivity index (χ1) is 9.74. The third-order valence-electron chi connectivity index (χ3n) is 3.42. The molecule has 0 N–H and O–H groups in total. The molecule has 98 valence electrons. The minimum absolute atomic E-state index is 1.04. The smallest absolute Gasteiger partial charge is 0.125 e. The van der Waals surface area contributed by atoms with Gasteiger partial charge in [-0.15, -0.1) is 11.3 Å². The average molecular weight is 277 g/mol. The van der Waals surface area contributed by atoms with E-state index in [0.717, 1.165) is 21.7 Å². The second-order valence-electron chi connectivity index (χ2n) is 4.66. The van der Waals surface area contributed by atoms with Crippen molar-refractivity contribution in [2.75, 3.05) is 0 Å². The van der Waals surface area contributed by atoms with Gasteiger partial charge in [0.2, 0.25) is 0 Å². The maximum absolute atomic E-state index is 4.76. The summed E-state index contributed by atoms with van der Waals surface area (Å²) in [7, 11) is 0. The summed E-state index contributed by atoms with van der Waals surface area (Å²) >= 11 is 1.72. The molecule has 0 amide bonds. The number of rotatable bonds is 3. The molecule has 0 aliphatic carbocycles. The lowest BCUT2D eigenvalue weighted by Gasteiger charge is -2.10. The Morgan fingerprint density at radius 2 is 1.85 bits per heavy atom. The molecule has 0 aliphatic heterocycles. The number of fused-ring (bicyclic) bond motifs is 1. The Balaban J connectivity index is 2.32. The van der Waals surface area contributed by atoms with Crippen LogP contribution in [0.3, 0.4) is 0 Å². The molecular weight excluding hydrogens is 262 g/mol. The molecule has 0 aliphatic rings. The highest BCUT2D eigenvalue weighted by Gasteiger charge is 2.13. The van der Waals surface area contributed by atoms with Crippen molar-refractivity contribution >= 4 is 33.7 Å². The number of hydrogen-bond donors (Lipinski definition) is 0. The van der Waals surface area contributed by atoms with Crippen LogP contribution in [0.25, 0.3) is 32.9 Å². The van der Waals surface area contributed by atoms with E-state index in [1.165, 1.54) is 15.8 Å². The monoisotopic (exact) mass is 277 g/mol. The number of nitrogens with zero attached hydrogens (tertiary/aromatic N) is 1. The minimum Gasteiger partial charge on any atom is -0.236 e. The van der Waals surface area contributed by atoms with Crippen molar-refractivity contribution in [3.8, 4) is 10.6 Å². The predicted octanol–water partition coefficient (Wildman–Crippen LogP) is 5.56. The third-order valence-corrected chi connectivity index (χ3v) is 4.47. The number of benzene rings is 2. The Hall–Kier alpha value is -2.19. The highest BCUT2D eigenvalue weighted by molar-refractivity contribution is 7.21. The zero-order chi connectivity index (χ0) is 14.1. The first-order valence-corrected chi connectivity index (χ1v) is 7.30. The summed E-state index contributed by atoms with van der Waals surface area (Å²) in [5, 5.41) is 1.04. The molecular formula is C18H15NS. The first kappa shape index (κ1) is 12.8. The second kappa shape index (κ2) is 5.06. The number of aryl methyl sites for hydroxylation is 1. The lowest BCUT2D eigenvalue weighted by Crippen LogP contribution is -1.91. The number of thiazole rings is 1. The Morgan fingerprint density at radius 1 is 1.05 bits per heavy atom. The lowest BCUT2D eigenvalue weighted by atomic mass is 9.97. The molecule has 2 aromatic carbocycles. The maximum Gasteiger partial charge on any atom is 0.125 e. The van der Waals surface area contributed by atoms with Crippen LogP contribution >= 0.6 is 11.3 Å². The Morgan fingerprint density at radius 3 is 2.55 bits per heavy atom. The lowest BCUT2D eigenvalue weighted by molar-refractivity contribution is 1.40. The van der Waals surface area contributed by atoms with E-state index in [4.69, 9.17) is 4.98 Å². The molecule has 2 heteroatoms. The van der Waals surface area contributed by atoms with Crippen LogP contribution in [0.5, 0.6) is 0 Å². The van der Waals surface area contributed by atoms with Crippen LogP contribution in [0.2, 0.25) is 0 Å². The molecule has 3 rings (SSSR count). The molecule has 0 saturated heterocycles. The van der Waals surface area contributed by atoms with Crippen LogP contribution in [-0.2, 0) is 0 Å². The molecule has 0 atom stereocenters. The summed E-state index contributed by atoms with van der Waals surface area (Å²) in [6.45, 7) is 9.94. The van der Waals surface area contributed by atoms with Crippen LogP contribution < -0.4 is 0 Å². The van der Waals surface area contributed by atoms with E-state index >= 15 is 0 Å². The van der Waals surface area contributed by atoms with E-state index in [-0.39, 0.29) is 0 Å². The Labute approximate surface area is 122 Å². The van der Waals surface area contributed by atoms with Gasteiger partial charge in [0.25, 0.3) is 0 Å². The summed E-state index contributed by atoms with van der Waals surface area (Å²) in [6.07, 6.45) is 3.76. The fourth-order valence-corrected chi connectivity index (χ4v) is 3.50. The molecule has 1 heterocycles. The molecule has 0 fully saturated rings. The highest BCUT2D eigenvalue weighted by atomic mass is 32.1. The minimum atomic E-state index is 1.04. The largest absolute Gasteiger partial charge is 0.236 e. The van der Waals surface area contributed by atoms with E-state index < -0.39 is 0 Å². The average Bonchev–Trinajstić information content (AvgIpc) is 2.90. The SMILES string of the molecule is C=Cc1ccc(C)c(-c2nc3ccccc3s2)c1C=C. The van der Waals surface area contributed by atoms with Gasteiger partial charge in [-0.2, -0.15) is 0 Å². The molecule has 0 bridgehead atoms. The summed E-state index contributed by atoms with van der Waals surface area (Å²) in [5.41, 5.74) is 5.63. The fourth-order valence-electron chi connectivity index (χ4n) is 2.41. The van der Waals surface area contributed by atoms with Crippen molar-refractivity contribution in [3.05, 3.63) is 66.2 Å². The third kappa shape index (κ3) is 1.98. The van der Waals surface area contributed by atoms with Gasteiger partial charge < -0.3 is 0 Å². The summed E-state index contributed by atoms with van der Waals surface area (Å²) in [5.74, 6) is 0. The maximum atomic E-state index is 4.76. The van der Waals surface area contributed by atoms with Crippen LogP contribution in [0.15, 0.2) is 49.6 Å². The van der Waals surface area contributed by atoms with Gasteiger partial charge in [0, 0.05) is 5.56 Å². The molecule has 3 aromatic rings. The fraction of sp³-hybridized carbons (Fsp3) is 0.0556. The zero-order valence-corrected chi connectivity index (χ0v) is 12.2. The van der Waals surface area contributed by atoms with Crippen LogP contribution in [0.1, 0.15) is 16.7 Å². The zero-order valence-electron chi connectivity index (χ0n) is 11.4. The van der Waals surface area contributed by atoms with Crippen molar-refractivity contribution in [3.63, 3.8) is 0 Å². The van der Waals surface area contributed by atoms with E-state index in [0.29, 0.717) is 0 Å². The molecule has 0 radical (unpaired) electrons. The van der Waals surface area contributed by atoms with Crippen molar-refractivity contribution in [2.24, 2.45) is 0 Å². The van der Waals surface area contributed by atoms with Gasteiger partial charge in [-0.1, -0.05) is 49.6 Å². The van der Waals surface area contributed by atoms with E-state index in [1.54, 1.807) is 11.3 Å². The summed E-state index contributed by atoms with van der Waals surface area (Å²) < 4.78 is 1.21. The molecule has 0 unspecified atom stereocenters. The molecule has 0 saturated carbocycles. The summed E-state index contributed by atoms with van der Waals surface area (Å²) in [6, 6.07) is 12.4. The normalized spacial score (nSPS) is 10.7. The number of hydrogen-bond acceptors (Lipinski definition) is 2. The van der Waals surface area contributed by atoms with E-state index in [9.17, 15) is 0 Å². The van der Waals surface area contributed by atoms with Gasteiger partial charge >= 0.3 is 0 Å². The van der Waals surface area contributed by atoms with Crippen LogP contribution in [0.4, 0.5) is 0 Å². The standard InChI is InChI=1S/C18H15NS/c1-4-13-11-10-12(3)17(14(13)5-2)18-19-15-8-6-7-9-16(15)20-18/h4-11H,1-2H2,3H3. The van der Waals surface area contributed by atoms with E-state index in [2.05, 4.69) is 44.3 Å². The van der Waals surface area contributed by atoms with Gasteiger partial charge in [-0.25, -0.2) is 4.98 Å². The predicted molar refractivity (Wildman–Crippen MR) is 90.0 cm³/mol. The van der Waals surface area contributed by atoms with Gasteiger partial charge in [-0.3, -0.25) is 0 Å². The van der Waals surface area contributed by atoms with Gasteiger partial charge in [0.05, 0.1) is 10.2 Å². The highest BCUT2D eigenvalue weighted by Crippen LogP contribution is 2.36. The Kier molecular flexibility index (Phi) is 3.25. The van der Waals surface area contributed by atoms with Crippen molar-refractivity contribution in [1.29, 1.82) is 0 Å². The Bertz CT molecular complexity index is 778. The molecule has 20 heavy (non-hydrogen) atoms. The van der Waals surface area contributed by atoms with E-state index in [1.807, 2.05) is 24.3 Å². The topological polar surface area (TPSA) is 12.9 Å². The molecule has 0 spiro atoms.